The summed E-state index contributed by atoms with van der Waals surface area (Å²) >= 11 is 0. The van der Waals surface area contributed by atoms with E-state index in [0.29, 0.717) is 11.8 Å². The summed E-state index contributed by atoms with van der Waals surface area (Å²) in [5.41, 5.74) is 1.28. The lowest BCUT2D eigenvalue weighted by atomic mass is 10.1. The van der Waals surface area contributed by atoms with Crippen molar-refractivity contribution in [2.24, 2.45) is 0 Å². The van der Waals surface area contributed by atoms with Crippen molar-refractivity contribution in [3.8, 4) is 0 Å². The molecule has 0 radical (unpaired) electrons. The first-order valence-corrected chi connectivity index (χ1v) is 6.55. The van der Waals surface area contributed by atoms with Crippen LogP contribution in [0.25, 0.3) is 0 Å². The van der Waals surface area contributed by atoms with E-state index in [9.17, 15) is 13.6 Å². The minimum atomic E-state index is -0.883. The molecule has 0 aliphatic carbocycles. The standard InChI is InChI=1S/C16H16F2N2O/c1-10(19-2)12-5-3-4-6-15(12)20-16(21)13-8-7-11(17)9-14(13)18/h3-10,19H,1-2H3,(H,20,21). The highest BCUT2D eigenvalue weighted by Gasteiger charge is 2.15. The first-order valence-electron chi connectivity index (χ1n) is 6.55. The van der Waals surface area contributed by atoms with Gasteiger partial charge in [0.25, 0.3) is 5.91 Å². The highest BCUT2D eigenvalue weighted by Crippen LogP contribution is 2.23. The summed E-state index contributed by atoms with van der Waals surface area (Å²) < 4.78 is 26.5. The first-order chi connectivity index (χ1) is 10.0. The topological polar surface area (TPSA) is 41.1 Å². The second kappa shape index (κ2) is 6.45. The molecule has 1 unspecified atom stereocenters. The molecule has 0 saturated heterocycles. The van der Waals surface area contributed by atoms with Crippen molar-refractivity contribution in [3.05, 3.63) is 65.2 Å². The number of carbonyl (C=O) groups excluding carboxylic acids is 1. The van der Waals surface area contributed by atoms with Gasteiger partial charge in [0, 0.05) is 17.8 Å². The van der Waals surface area contributed by atoms with Gasteiger partial charge >= 0.3 is 0 Å². The molecule has 0 bridgehead atoms. The fraction of sp³-hybridized carbons (Fsp3) is 0.188. The summed E-state index contributed by atoms with van der Waals surface area (Å²) in [4.78, 5) is 12.1. The second-order valence-electron chi connectivity index (χ2n) is 4.68. The average molecular weight is 290 g/mol. The van der Waals surface area contributed by atoms with Gasteiger partial charge < -0.3 is 10.6 Å². The number of carbonyl (C=O) groups is 1. The van der Waals surface area contributed by atoms with Crippen LogP contribution in [0.3, 0.4) is 0 Å². The van der Waals surface area contributed by atoms with E-state index in [4.69, 9.17) is 0 Å². The highest BCUT2D eigenvalue weighted by molar-refractivity contribution is 6.04. The number of nitrogens with one attached hydrogen (secondary N) is 2. The van der Waals surface area contributed by atoms with Gasteiger partial charge in [-0.2, -0.15) is 0 Å². The van der Waals surface area contributed by atoms with Crippen LogP contribution in [-0.4, -0.2) is 13.0 Å². The molecule has 21 heavy (non-hydrogen) atoms. The van der Waals surface area contributed by atoms with E-state index in [0.717, 1.165) is 17.7 Å². The lowest BCUT2D eigenvalue weighted by Crippen LogP contribution is -2.18. The Morgan fingerprint density at radius 2 is 1.86 bits per heavy atom. The molecule has 2 rings (SSSR count). The number of halogens is 2. The number of hydrogen-bond donors (Lipinski definition) is 2. The number of hydrogen-bond acceptors (Lipinski definition) is 2. The van der Waals surface area contributed by atoms with Crippen LogP contribution in [0.2, 0.25) is 0 Å². The zero-order valence-electron chi connectivity index (χ0n) is 11.8. The average Bonchev–Trinajstić information content (AvgIpc) is 2.46. The molecule has 2 aromatic rings. The summed E-state index contributed by atoms with van der Waals surface area (Å²) in [7, 11) is 1.81. The van der Waals surface area contributed by atoms with Crippen LogP contribution in [0.4, 0.5) is 14.5 Å². The summed E-state index contributed by atoms with van der Waals surface area (Å²) in [6.45, 7) is 1.95. The maximum atomic E-state index is 13.6. The van der Waals surface area contributed by atoms with Gasteiger partial charge in [-0.1, -0.05) is 18.2 Å². The van der Waals surface area contributed by atoms with E-state index in [-0.39, 0.29) is 11.6 Å². The molecule has 0 saturated carbocycles. The molecule has 0 fully saturated rings. The van der Waals surface area contributed by atoms with Crippen molar-refractivity contribution in [2.75, 3.05) is 12.4 Å². The van der Waals surface area contributed by atoms with Gasteiger partial charge in [-0.25, -0.2) is 8.78 Å². The Morgan fingerprint density at radius 3 is 2.52 bits per heavy atom. The van der Waals surface area contributed by atoms with Gasteiger partial charge in [0.05, 0.1) is 5.56 Å². The van der Waals surface area contributed by atoms with Crippen LogP contribution >= 0.6 is 0 Å². The monoisotopic (exact) mass is 290 g/mol. The van der Waals surface area contributed by atoms with Crippen molar-refractivity contribution in [1.82, 2.24) is 5.32 Å². The Hall–Kier alpha value is -2.27. The molecule has 1 atom stereocenters. The molecule has 0 heterocycles. The van der Waals surface area contributed by atoms with Crippen LogP contribution in [0.1, 0.15) is 28.9 Å². The quantitative estimate of drug-likeness (QED) is 0.905. The Labute approximate surface area is 122 Å². The fourth-order valence-corrected chi connectivity index (χ4v) is 2.01. The summed E-state index contributed by atoms with van der Waals surface area (Å²) in [5.74, 6) is -2.21. The van der Waals surface area contributed by atoms with Crippen LogP contribution in [0.5, 0.6) is 0 Å². The SMILES string of the molecule is CNC(C)c1ccccc1NC(=O)c1ccc(F)cc1F. The molecule has 0 spiro atoms. The molecule has 0 aromatic heterocycles. The molecule has 1 amide bonds. The molecule has 0 aliphatic heterocycles. The number of para-hydroxylation sites is 1. The minimum Gasteiger partial charge on any atom is -0.322 e. The molecule has 2 aromatic carbocycles. The third-order valence-electron chi connectivity index (χ3n) is 3.28. The van der Waals surface area contributed by atoms with Gasteiger partial charge in [-0.3, -0.25) is 4.79 Å². The Kier molecular flexibility index (Phi) is 4.65. The predicted molar refractivity (Wildman–Crippen MR) is 78.2 cm³/mol. The summed E-state index contributed by atoms with van der Waals surface area (Å²) in [5, 5.41) is 5.74. The molecule has 3 nitrogen and oxygen atoms in total. The third kappa shape index (κ3) is 3.44. The lowest BCUT2D eigenvalue weighted by molar-refractivity contribution is 0.102. The third-order valence-corrected chi connectivity index (χ3v) is 3.28. The highest BCUT2D eigenvalue weighted by atomic mass is 19.1. The zero-order valence-corrected chi connectivity index (χ0v) is 11.8. The van der Waals surface area contributed by atoms with Gasteiger partial charge in [0.1, 0.15) is 11.6 Å². The van der Waals surface area contributed by atoms with Crippen LogP contribution in [0.15, 0.2) is 42.5 Å². The fourth-order valence-electron chi connectivity index (χ4n) is 2.01. The first kappa shape index (κ1) is 15.1. The number of anilines is 1. The van der Waals surface area contributed by atoms with Gasteiger partial charge in [0.2, 0.25) is 0 Å². The smallest absolute Gasteiger partial charge is 0.258 e. The minimum absolute atomic E-state index is 0.0274. The number of benzene rings is 2. The van der Waals surface area contributed by atoms with Gasteiger partial charge in [-0.05, 0) is 37.7 Å². The van der Waals surface area contributed by atoms with Crippen molar-refractivity contribution in [2.45, 2.75) is 13.0 Å². The van der Waals surface area contributed by atoms with Gasteiger partial charge in [-0.15, -0.1) is 0 Å². The summed E-state index contributed by atoms with van der Waals surface area (Å²) in [6.07, 6.45) is 0. The molecule has 2 N–H and O–H groups in total. The predicted octanol–water partition coefficient (Wildman–Crippen LogP) is 3.50. The van der Waals surface area contributed by atoms with E-state index in [1.54, 1.807) is 12.1 Å². The lowest BCUT2D eigenvalue weighted by Gasteiger charge is -2.16. The van der Waals surface area contributed by atoms with Crippen molar-refractivity contribution < 1.29 is 13.6 Å². The summed E-state index contributed by atoms with van der Waals surface area (Å²) in [6, 6.07) is 10.2. The van der Waals surface area contributed by atoms with Crippen molar-refractivity contribution in [1.29, 1.82) is 0 Å². The normalized spacial score (nSPS) is 12.0. The Bertz CT molecular complexity index is 658. The van der Waals surface area contributed by atoms with Crippen molar-refractivity contribution >= 4 is 11.6 Å². The van der Waals surface area contributed by atoms with E-state index in [1.807, 2.05) is 26.1 Å². The van der Waals surface area contributed by atoms with Crippen LogP contribution in [-0.2, 0) is 0 Å². The largest absolute Gasteiger partial charge is 0.322 e. The Balaban J connectivity index is 2.28. The molecular weight excluding hydrogens is 274 g/mol. The maximum absolute atomic E-state index is 13.6. The van der Waals surface area contributed by atoms with Crippen LogP contribution in [0, 0.1) is 11.6 Å². The molecule has 0 aliphatic rings. The van der Waals surface area contributed by atoms with E-state index >= 15 is 0 Å². The number of amides is 1. The Morgan fingerprint density at radius 1 is 1.14 bits per heavy atom. The van der Waals surface area contributed by atoms with E-state index in [1.165, 1.54) is 0 Å². The van der Waals surface area contributed by atoms with Gasteiger partial charge in [0.15, 0.2) is 0 Å². The zero-order chi connectivity index (χ0) is 15.4. The molecule has 5 heteroatoms. The molecule has 110 valence electrons. The van der Waals surface area contributed by atoms with Crippen LogP contribution < -0.4 is 10.6 Å². The molecular formula is C16H16F2N2O. The number of rotatable bonds is 4. The van der Waals surface area contributed by atoms with E-state index < -0.39 is 17.5 Å². The maximum Gasteiger partial charge on any atom is 0.258 e. The second-order valence-corrected chi connectivity index (χ2v) is 4.68. The van der Waals surface area contributed by atoms with E-state index in [2.05, 4.69) is 10.6 Å². The van der Waals surface area contributed by atoms with Crippen molar-refractivity contribution in [3.63, 3.8) is 0 Å².